The zero-order chi connectivity index (χ0) is 13.4. The van der Waals surface area contributed by atoms with E-state index in [0.717, 1.165) is 0 Å². The average Bonchev–Trinajstić information content (AvgIpc) is 2.70. The van der Waals surface area contributed by atoms with Crippen LogP contribution in [0.25, 0.3) is 0 Å². The molecule has 2 atom stereocenters. The van der Waals surface area contributed by atoms with Gasteiger partial charge in [-0.1, -0.05) is 0 Å². The molecule has 7 heteroatoms. The van der Waals surface area contributed by atoms with Crippen LogP contribution in [0.15, 0.2) is 0 Å². The van der Waals surface area contributed by atoms with E-state index >= 15 is 0 Å². The fourth-order valence-electron chi connectivity index (χ4n) is 2.64. The molecule has 2 heterocycles. The van der Waals surface area contributed by atoms with Gasteiger partial charge in [0.2, 0.25) is 5.91 Å². The van der Waals surface area contributed by atoms with Gasteiger partial charge in [0.25, 0.3) is 0 Å². The number of likely N-dealkylation sites (tertiary alicyclic amines) is 1. The summed E-state index contributed by atoms with van der Waals surface area (Å²) in [5.74, 6) is 0.00399. The van der Waals surface area contributed by atoms with Gasteiger partial charge in [-0.15, -0.1) is 0 Å². The number of carbonyl (C=O) groups is 1. The second-order valence-corrected chi connectivity index (χ2v) is 7.81. The number of hydrogen-bond acceptors (Lipinski definition) is 5. The third-order valence-corrected chi connectivity index (χ3v) is 5.46. The number of hydrogen-bond donors (Lipinski definition) is 2. The Hall–Kier alpha value is -0.660. The molecule has 2 N–H and O–H groups in total. The number of β-amino-alcohol motifs (C(OH)–C–C–N with tert-alkyl or cyclic N) is 1. The molecule has 1 amide bonds. The van der Waals surface area contributed by atoms with Crippen LogP contribution >= 0.6 is 0 Å². The number of aliphatic hydroxyl groups excluding tert-OH is 1. The molecule has 2 unspecified atom stereocenters. The Balaban J connectivity index is 1.84. The summed E-state index contributed by atoms with van der Waals surface area (Å²) in [5, 5.41) is 12.2. The molecule has 6 nitrogen and oxygen atoms in total. The van der Waals surface area contributed by atoms with Gasteiger partial charge in [0, 0.05) is 13.1 Å². The van der Waals surface area contributed by atoms with Gasteiger partial charge in [-0.2, -0.15) is 0 Å². The second-order valence-electron chi connectivity index (χ2n) is 5.63. The molecular weight excluding hydrogens is 256 g/mol. The lowest BCUT2D eigenvalue weighted by Crippen LogP contribution is -2.50. The first-order valence-electron chi connectivity index (χ1n) is 6.20. The van der Waals surface area contributed by atoms with Crippen LogP contribution in [0.3, 0.4) is 0 Å². The first-order valence-corrected chi connectivity index (χ1v) is 8.02. The molecule has 2 aliphatic rings. The minimum absolute atomic E-state index is 0.0222. The van der Waals surface area contributed by atoms with E-state index in [1.165, 1.54) is 0 Å². The van der Waals surface area contributed by atoms with Crippen LogP contribution in [0.2, 0.25) is 0 Å². The number of carbonyl (C=O) groups excluding carboxylic acids is 1. The smallest absolute Gasteiger partial charge is 0.234 e. The number of nitrogens with one attached hydrogen (secondary N) is 1. The minimum Gasteiger partial charge on any atom is -0.392 e. The minimum atomic E-state index is -3.00. The monoisotopic (exact) mass is 276 g/mol. The fourth-order valence-corrected chi connectivity index (χ4v) is 4.74. The molecule has 2 saturated heterocycles. The molecular formula is C11H20N2O4S. The maximum Gasteiger partial charge on any atom is 0.234 e. The van der Waals surface area contributed by atoms with Crippen LogP contribution in [-0.2, 0) is 14.6 Å². The van der Waals surface area contributed by atoms with Crippen LogP contribution in [0, 0.1) is 0 Å². The number of sulfone groups is 1. The third kappa shape index (κ3) is 3.43. The highest BCUT2D eigenvalue weighted by molar-refractivity contribution is 7.91. The number of amides is 1. The SMILES string of the molecule is CC1(NC(=O)CN2CCC(O)C2)CCS(=O)(=O)C1. The summed E-state index contributed by atoms with van der Waals surface area (Å²) in [6, 6.07) is 0. The lowest BCUT2D eigenvalue weighted by atomic mass is 10.0. The maximum absolute atomic E-state index is 11.8. The van der Waals surface area contributed by atoms with Crippen LogP contribution in [0.4, 0.5) is 0 Å². The molecule has 0 aromatic carbocycles. The Morgan fingerprint density at radius 2 is 2.28 bits per heavy atom. The molecule has 0 saturated carbocycles. The van der Waals surface area contributed by atoms with Crippen molar-refractivity contribution in [3.05, 3.63) is 0 Å². The summed E-state index contributed by atoms with van der Waals surface area (Å²) >= 11 is 0. The van der Waals surface area contributed by atoms with Crippen molar-refractivity contribution in [2.75, 3.05) is 31.1 Å². The van der Waals surface area contributed by atoms with Crippen molar-refractivity contribution >= 4 is 15.7 Å². The third-order valence-electron chi connectivity index (χ3n) is 3.56. The number of nitrogens with zero attached hydrogens (tertiary/aromatic N) is 1. The Kier molecular flexibility index (Phi) is 3.66. The highest BCUT2D eigenvalue weighted by atomic mass is 32.2. The quantitative estimate of drug-likeness (QED) is 0.672. The Bertz CT molecular complexity index is 436. The molecule has 0 aromatic heterocycles. The molecule has 2 fully saturated rings. The zero-order valence-corrected chi connectivity index (χ0v) is 11.4. The Morgan fingerprint density at radius 3 is 2.78 bits per heavy atom. The molecule has 104 valence electrons. The maximum atomic E-state index is 11.8. The van der Waals surface area contributed by atoms with E-state index in [4.69, 9.17) is 0 Å². The van der Waals surface area contributed by atoms with E-state index in [2.05, 4.69) is 5.32 Å². The summed E-state index contributed by atoms with van der Waals surface area (Å²) in [6.45, 7) is 3.23. The van der Waals surface area contributed by atoms with Crippen molar-refractivity contribution in [3.8, 4) is 0 Å². The van der Waals surface area contributed by atoms with E-state index in [1.54, 1.807) is 6.92 Å². The largest absolute Gasteiger partial charge is 0.392 e. The van der Waals surface area contributed by atoms with Crippen molar-refractivity contribution in [2.45, 2.75) is 31.4 Å². The highest BCUT2D eigenvalue weighted by Crippen LogP contribution is 2.22. The van der Waals surface area contributed by atoms with Crippen molar-refractivity contribution < 1.29 is 18.3 Å². The highest BCUT2D eigenvalue weighted by Gasteiger charge is 2.39. The molecule has 0 aromatic rings. The van der Waals surface area contributed by atoms with E-state index < -0.39 is 15.4 Å². The van der Waals surface area contributed by atoms with E-state index in [9.17, 15) is 18.3 Å². The fraction of sp³-hybridized carbons (Fsp3) is 0.909. The van der Waals surface area contributed by atoms with Crippen LogP contribution in [0.1, 0.15) is 19.8 Å². The van der Waals surface area contributed by atoms with Crippen molar-refractivity contribution in [2.24, 2.45) is 0 Å². The van der Waals surface area contributed by atoms with Gasteiger partial charge in [0.15, 0.2) is 9.84 Å². The van der Waals surface area contributed by atoms with Gasteiger partial charge < -0.3 is 10.4 Å². The Labute approximate surface area is 107 Å². The molecule has 18 heavy (non-hydrogen) atoms. The van der Waals surface area contributed by atoms with Crippen molar-refractivity contribution in [1.82, 2.24) is 10.2 Å². The molecule has 2 aliphatic heterocycles. The summed E-state index contributed by atoms with van der Waals surface area (Å²) in [7, 11) is -3.00. The van der Waals surface area contributed by atoms with Crippen LogP contribution in [0.5, 0.6) is 0 Å². The topological polar surface area (TPSA) is 86.7 Å². The van der Waals surface area contributed by atoms with E-state index in [1.807, 2.05) is 4.90 Å². The van der Waals surface area contributed by atoms with Gasteiger partial charge >= 0.3 is 0 Å². The number of aliphatic hydroxyl groups is 1. The van der Waals surface area contributed by atoms with Crippen LogP contribution in [-0.4, -0.2) is 67.1 Å². The lowest BCUT2D eigenvalue weighted by Gasteiger charge is -2.25. The molecule has 0 aliphatic carbocycles. The van der Waals surface area contributed by atoms with Gasteiger partial charge in [-0.05, 0) is 19.8 Å². The lowest BCUT2D eigenvalue weighted by molar-refractivity contribution is -0.123. The Morgan fingerprint density at radius 1 is 1.56 bits per heavy atom. The average molecular weight is 276 g/mol. The molecule has 0 bridgehead atoms. The van der Waals surface area contributed by atoms with Gasteiger partial charge in [-0.25, -0.2) is 8.42 Å². The standard InChI is InChI=1S/C11H20N2O4S/c1-11(3-5-18(16,17)8-11)12-10(15)7-13-4-2-9(14)6-13/h9,14H,2-8H2,1H3,(H,12,15). The van der Waals surface area contributed by atoms with E-state index in [0.29, 0.717) is 25.9 Å². The summed E-state index contributed by atoms with van der Waals surface area (Å²) in [4.78, 5) is 13.7. The van der Waals surface area contributed by atoms with Crippen LogP contribution < -0.4 is 5.32 Å². The summed E-state index contributed by atoms with van der Waals surface area (Å²) in [5.41, 5.74) is -0.631. The second kappa shape index (κ2) is 4.79. The van der Waals surface area contributed by atoms with Gasteiger partial charge in [-0.3, -0.25) is 9.69 Å². The first kappa shape index (κ1) is 13.8. The zero-order valence-electron chi connectivity index (χ0n) is 10.6. The van der Waals surface area contributed by atoms with E-state index in [-0.39, 0.29) is 30.1 Å². The van der Waals surface area contributed by atoms with Crippen molar-refractivity contribution in [3.63, 3.8) is 0 Å². The predicted octanol–water partition coefficient (Wildman–Crippen LogP) is -1.25. The predicted molar refractivity (Wildman–Crippen MR) is 66.9 cm³/mol. The van der Waals surface area contributed by atoms with Gasteiger partial charge in [0.1, 0.15) is 0 Å². The molecule has 2 rings (SSSR count). The summed E-state index contributed by atoms with van der Waals surface area (Å²) in [6.07, 6.45) is 0.822. The normalized spacial score (nSPS) is 35.8. The van der Waals surface area contributed by atoms with Gasteiger partial charge in [0.05, 0.1) is 29.7 Å². The molecule has 0 radical (unpaired) electrons. The summed E-state index contributed by atoms with van der Waals surface area (Å²) < 4.78 is 22.8. The van der Waals surface area contributed by atoms with Crippen molar-refractivity contribution in [1.29, 1.82) is 0 Å². The number of rotatable bonds is 3. The first-order chi connectivity index (χ1) is 8.28. The molecule has 0 spiro atoms.